The van der Waals surface area contributed by atoms with Crippen molar-refractivity contribution in [1.82, 2.24) is 0 Å². The lowest BCUT2D eigenvalue weighted by Crippen LogP contribution is -1.82. The Morgan fingerprint density at radius 2 is 2.23 bits per heavy atom. The SMILES string of the molecule is COc1cc(Br)cc2scc(O)c12. The highest BCUT2D eigenvalue weighted by Crippen LogP contribution is 2.40. The van der Waals surface area contributed by atoms with Crippen molar-refractivity contribution in [3.63, 3.8) is 0 Å². The second kappa shape index (κ2) is 3.20. The molecular formula is C9H7BrO2S. The van der Waals surface area contributed by atoms with Gasteiger partial charge in [-0.1, -0.05) is 15.9 Å². The molecule has 68 valence electrons. The van der Waals surface area contributed by atoms with E-state index >= 15 is 0 Å². The standard InChI is InChI=1S/C9H7BrO2S/c1-12-7-2-5(10)3-8-9(7)6(11)4-13-8/h2-4,11H,1H3. The lowest BCUT2D eigenvalue weighted by atomic mass is 10.2. The van der Waals surface area contributed by atoms with Gasteiger partial charge >= 0.3 is 0 Å². The van der Waals surface area contributed by atoms with Gasteiger partial charge in [0, 0.05) is 14.6 Å². The van der Waals surface area contributed by atoms with Crippen molar-refractivity contribution in [1.29, 1.82) is 0 Å². The zero-order valence-electron chi connectivity index (χ0n) is 6.87. The van der Waals surface area contributed by atoms with Crippen LogP contribution in [0.5, 0.6) is 11.5 Å². The van der Waals surface area contributed by atoms with E-state index in [9.17, 15) is 5.11 Å². The van der Waals surface area contributed by atoms with Crippen molar-refractivity contribution in [3.05, 3.63) is 22.0 Å². The third-order valence-electron chi connectivity index (χ3n) is 1.80. The van der Waals surface area contributed by atoms with Gasteiger partial charge in [0.2, 0.25) is 0 Å². The molecule has 1 aromatic carbocycles. The van der Waals surface area contributed by atoms with E-state index in [2.05, 4.69) is 15.9 Å². The van der Waals surface area contributed by atoms with E-state index in [0.29, 0.717) is 5.75 Å². The van der Waals surface area contributed by atoms with Gasteiger partial charge in [-0.2, -0.15) is 0 Å². The van der Waals surface area contributed by atoms with Crippen LogP contribution in [0.1, 0.15) is 0 Å². The second-order valence-corrected chi connectivity index (χ2v) is 4.43. The first-order chi connectivity index (χ1) is 6.22. The van der Waals surface area contributed by atoms with E-state index in [1.807, 2.05) is 12.1 Å². The Kier molecular flexibility index (Phi) is 2.17. The zero-order chi connectivity index (χ0) is 9.42. The van der Waals surface area contributed by atoms with Crippen molar-refractivity contribution in [2.45, 2.75) is 0 Å². The van der Waals surface area contributed by atoms with E-state index in [4.69, 9.17) is 4.74 Å². The summed E-state index contributed by atoms with van der Waals surface area (Å²) in [5.74, 6) is 0.979. The summed E-state index contributed by atoms with van der Waals surface area (Å²) in [6.45, 7) is 0. The normalized spacial score (nSPS) is 10.6. The highest BCUT2D eigenvalue weighted by molar-refractivity contribution is 9.10. The van der Waals surface area contributed by atoms with Gasteiger partial charge in [0.25, 0.3) is 0 Å². The fourth-order valence-corrected chi connectivity index (χ4v) is 2.71. The maximum Gasteiger partial charge on any atom is 0.137 e. The number of hydrogen-bond donors (Lipinski definition) is 1. The molecule has 2 aromatic rings. The molecule has 0 aliphatic carbocycles. The van der Waals surface area contributed by atoms with Gasteiger partial charge in [-0.25, -0.2) is 0 Å². The minimum atomic E-state index is 0.282. The summed E-state index contributed by atoms with van der Waals surface area (Å²) < 4.78 is 7.14. The van der Waals surface area contributed by atoms with E-state index in [1.54, 1.807) is 12.5 Å². The number of hydrogen-bond acceptors (Lipinski definition) is 3. The van der Waals surface area contributed by atoms with Crippen molar-refractivity contribution in [2.24, 2.45) is 0 Å². The minimum Gasteiger partial charge on any atom is -0.506 e. The lowest BCUT2D eigenvalue weighted by molar-refractivity contribution is 0.416. The van der Waals surface area contributed by atoms with E-state index in [-0.39, 0.29) is 5.75 Å². The Morgan fingerprint density at radius 1 is 1.46 bits per heavy atom. The largest absolute Gasteiger partial charge is 0.506 e. The highest BCUT2D eigenvalue weighted by atomic mass is 79.9. The Hall–Kier alpha value is -0.740. The Labute approximate surface area is 87.9 Å². The number of rotatable bonds is 1. The molecule has 0 aliphatic heterocycles. The Morgan fingerprint density at radius 3 is 2.92 bits per heavy atom. The van der Waals surface area contributed by atoms with Crippen molar-refractivity contribution in [2.75, 3.05) is 7.11 Å². The number of ether oxygens (including phenoxy) is 1. The molecule has 0 amide bonds. The van der Waals surface area contributed by atoms with Crippen LogP contribution in [0.15, 0.2) is 22.0 Å². The summed E-state index contributed by atoms with van der Waals surface area (Å²) >= 11 is 4.88. The Balaban J connectivity index is 2.85. The molecule has 0 atom stereocenters. The maximum absolute atomic E-state index is 9.53. The average Bonchev–Trinajstić information content (AvgIpc) is 2.46. The van der Waals surface area contributed by atoms with Crippen molar-refractivity contribution >= 4 is 37.4 Å². The monoisotopic (exact) mass is 258 g/mol. The first kappa shape index (κ1) is 8.84. The molecule has 1 heterocycles. The molecule has 0 bridgehead atoms. The van der Waals surface area contributed by atoms with E-state index in [1.165, 1.54) is 11.3 Å². The highest BCUT2D eigenvalue weighted by Gasteiger charge is 2.09. The summed E-state index contributed by atoms with van der Waals surface area (Å²) in [5, 5.41) is 12.0. The van der Waals surface area contributed by atoms with Crippen LogP contribution < -0.4 is 4.74 Å². The number of aromatic hydroxyl groups is 1. The van der Waals surface area contributed by atoms with Crippen LogP contribution in [0.2, 0.25) is 0 Å². The molecule has 0 spiro atoms. The van der Waals surface area contributed by atoms with Crippen LogP contribution in [0.4, 0.5) is 0 Å². The molecule has 1 aromatic heterocycles. The fraction of sp³-hybridized carbons (Fsp3) is 0.111. The molecule has 0 aliphatic rings. The van der Waals surface area contributed by atoms with E-state index < -0.39 is 0 Å². The summed E-state index contributed by atoms with van der Waals surface area (Å²) in [6, 6.07) is 3.80. The number of methoxy groups -OCH3 is 1. The first-order valence-electron chi connectivity index (χ1n) is 3.66. The molecule has 0 saturated heterocycles. The van der Waals surface area contributed by atoms with Crippen LogP contribution in [0.25, 0.3) is 10.1 Å². The summed E-state index contributed by atoms with van der Waals surface area (Å²) in [7, 11) is 1.60. The number of benzene rings is 1. The molecular weight excluding hydrogens is 252 g/mol. The predicted molar refractivity (Wildman–Crippen MR) is 57.7 cm³/mol. The van der Waals surface area contributed by atoms with Crippen LogP contribution in [0.3, 0.4) is 0 Å². The smallest absolute Gasteiger partial charge is 0.137 e. The van der Waals surface area contributed by atoms with Gasteiger partial charge in [0.1, 0.15) is 11.5 Å². The first-order valence-corrected chi connectivity index (χ1v) is 5.33. The summed E-state index contributed by atoms with van der Waals surface area (Å²) in [6.07, 6.45) is 0. The Bertz CT molecular complexity index is 450. The van der Waals surface area contributed by atoms with Gasteiger partial charge < -0.3 is 9.84 Å². The minimum absolute atomic E-state index is 0.282. The van der Waals surface area contributed by atoms with Gasteiger partial charge in [0.05, 0.1) is 12.5 Å². The molecule has 1 N–H and O–H groups in total. The van der Waals surface area contributed by atoms with Crippen LogP contribution in [-0.2, 0) is 0 Å². The number of halogens is 1. The number of thiophene rings is 1. The quantitative estimate of drug-likeness (QED) is 0.850. The topological polar surface area (TPSA) is 29.5 Å². The molecule has 2 nitrogen and oxygen atoms in total. The predicted octanol–water partition coefficient (Wildman–Crippen LogP) is 3.38. The number of fused-ring (bicyclic) bond motifs is 1. The third-order valence-corrected chi connectivity index (χ3v) is 3.18. The maximum atomic E-state index is 9.53. The molecule has 0 fully saturated rings. The van der Waals surface area contributed by atoms with Crippen molar-refractivity contribution in [3.8, 4) is 11.5 Å². The van der Waals surface area contributed by atoms with Gasteiger partial charge in [-0.3, -0.25) is 0 Å². The van der Waals surface area contributed by atoms with Crippen molar-refractivity contribution < 1.29 is 9.84 Å². The fourth-order valence-electron chi connectivity index (χ4n) is 1.24. The molecule has 13 heavy (non-hydrogen) atoms. The molecule has 2 rings (SSSR count). The van der Waals surface area contributed by atoms with Gasteiger partial charge in [-0.05, 0) is 12.1 Å². The summed E-state index contributed by atoms with van der Waals surface area (Å²) in [5.41, 5.74) is 0. The van der Waals surface area contributed by atoms with Gasteiger partial charge in [0.15, 0.2) is 0 Å². The average molecular weight is 259 g/mol. The van der Waals surface area contributed by atoms with Gasteiger partial charge in [-0.15, -0.1) is 11.3 Å². The molecule has 4 heteroatoms. The molecule has 0 radical (unpaired) electrons. The lowest BCUT2D eigenvalue weighted by Gasteiger charge is -2.02. The van der Waals surface area contributed by atoms with Crippen LogP contribution in [-0.4, -0.2) is 12.2 Å². The third kappa shape index (κ3) is 1.40. The van der Waals surface area contributed by atoms with Crippen LogP contribution in [0, 0.1) is 0 Å². The second-order valence-electron chi connectivity index (χ2n) is 2.60. The van der Waals surface area contributed by atoms with E-state index in [0.717, 1.165) is 14.6 Å². The zero-order valence-corrected chi connectivity index (χ0v) is 9.28. The van der Waals surface area contributed by atoms with Crippen LogP contribution >= 0.6 is 27.3 Å². The molecule has 0 saturated carbocycles. The molecule has 0 unspecified atom stereocenters. The summed E-state index contributed by atoms with van der Waals surface area (Å²) in [4.78, 5) is 0.